The lowest BCUT2D eigenvalue weighted by Crippen LogP contribution is -2.05. The molecule has 0 aliphatic carbocycles. The van der Waals surface area contributed by atoms with Crippen LogP contribution >= 0.6 is 12.6 Å². The van der Waals surface area contributed by atoms with Crippen molar-refractivity contribution in [3.63, 3.8) is 0 Å². The molecule has 0 rings (SSSR count). The van der Waals surface area contributed by atoms with Crippen LogP contribution in [-0.2, 0) is 14.5 Å². The van der Waals surface area contributed by atoms with Gasteiger partial charge in [0.15, 0.2) is 0 Å². The summed E-state index contributed by atoms with van der Waals surface area (Å²) in [6.07, 6.45) is 0.914. The summed E-state index contributed by atoms with van der Waals surface area (Å²) < 4.78 is 5.02. The predicted molar refractivity (Wildman–Crippen MR) is 46.9 cm³/mol. The van der Waals surface area contributed by atoms with Gasteiger partial charge in [0.2, 0.25) is 0 Å². The summed E-state index contributed by atoms with van der Waals surface area (Å²) >= 11 is 4.02. The molecule has 0 radical (unpaired) electrons. The quantitative estimate of drug-likeness (QED) is 0.264. The zero-order valence-electron chi connectivity index (χ0n) is 6.91. The van der Waals surface area contributed by atoms with Crippen LogP contribution in [-0.4, -0.2) is 32.2 Å². The van der Waals surface area contributed by atoms with E-state index in [4.69, 9.17) is 14.5 Å². The molecule has 0 saturated carbocycles. The first-order valence-corrected chi connectivity index (χ1v) is 4.48. The Balaban J connectivity index is 2.69. The molecule has 0 N–H and O–H groups in total. The first-order valence-electron chi connectivity index (χ1n) is 3.84. The third-order valence-corrected chi connectivity index (χ3v) is 1.30. The fourth-order valence-electron chi connectivity index (χ4n) is 0.479. The Labute approximate surface area is 73.4 Å². The fraction of sp³-hybridized carbons (Fsp3) is 1.00. The van der Waals surface area contributed by atoms with E-state index >= 15 is 0 Å². The van der Waals surface area contributed by atoms with Gasteiger partial charge in [0, 0.05) is 6.61 Å². The van der Waals surface area contributed by atoms with E-state index in [-0.39, 0.29) is 0 Å². The van der Waals surface area contributed by atoms with Crippen LogP contribution in [0.25, 0.3) is 0 Å². The molecule has 4 heteroatoms. The summed E-state index contributed by atoms with van der Waals surface area (Å²) in [5, 5.41) is 0. The van der Waals surface area contributed by atoms with E-state index in [0.717, 1.165) is 18.8 Å². The minimum atomic E-state index is 0.500. The van der Waals surface area contributed by atoms with Gasteiger partial charge >= 0.3 is 0 Å². The van der Waals surface area contributed by atoms with Crippen molar-refractivity contribution in [2.45, 2.75) is 13.3 Å². The molecular formula is C7H16O3S. The van der Waals surface area contributed by atoms with Crippen molar-refractivity contribution in [1.29, 1.82) is 0 Å². The largest absolute Gasteiger partial charge is 0.379 e. The maximum Gasteiger partial charge on any atom is 0.106 e. The van der Waals surface area contributed by atoms with E-state index in [0.29, 0.717) is 19.8 Å². The molecule has 3 nitrogen and oxygen atoms in total. The van der Waals surface area contributed by atoms with Crippen molar-refractivity contribution in [3.05, 3.63) is 0 Å². The molecule has 0 aliphatic rings. The predicted octanol–water partition coefficient (Wildman–Crippen LogP) is 1.29. The summed E-state index contributed by atoms with van der Waals surface area (Å²) in [7, 11) is 0. The van der Waals surface area contributed by atoms with Crippen LogP contribution in [0.3, 0.4) is 0 Å². The molecule has 0 atom stereocenters. The highest BCUT2D eigenvalue weighted by atomic mass is 32.1. The minimum absolute atomic E-state index is 0.500. The van der Waals surface area contributed by atoms with Crippen molar-refractivity contribution in [2.24, 2.45) is 0 Å². The topological polar surface area (TPSA) is 27.7 Å². The van der Waals surface area contributed by atoms with Crippen molar-refractivity contribution in [1.82, 2.24) is 0 Å². The summed E-state index contributed by atoms with van der Waals surface area (Å²) in [6, 6.07) is 0. The molecule has 0 aliphatic heterocycles. The Bertz CT molecular complexity index is 62.7. The first kappa shape index (κ1) is 11.2. The molecular weight excluding hydrogens is 164 g/mol. The number of hydrogen-bond acceptors (Lipinski definition) is 4. The highest BCUT2D eigenvalue weighted by Crippen LogP contribution is 1.86. The Morgan fingerprint density at radius 3 is 2.45 bits per heavy atom. The van der Waals surface area contributed by atoms with Gasteiger partial charge in [-0.05, 0) is 19.1 Å². The summed E-state index contributed by atoms with van der Waals surface area (Å²) in [5.74, 6) is 0.828. The standard InChI is InChI=1S/C7H16O3S/c1-2-8-5-6-10-9-4-3-7-11/h11H,2-7H2,1H3. The molecule has 0 heterocycles. The maximum atomic E-state index is 5.02. The Morgan fingerprint density at radius 1 is 1.09 bits per heavy atom. The molecule has 0 aromatic carbocycles. The molecule has 0 aromatic rings. The van der Waals surface area contributed by atoms with Gasteiger partial charge in [-0.25, -0.2) is 9.78 Å². The van der Waals surface area contributed by atoms with E-state index < -0.39 is 0 Å². The van der Waals surface area contributed by atoms with Gasteiger partial charge < -0.3 is 4.74 Å². The molecule has 68 valence electrons. The molecule has 0 saturated heterocycles. The summed E-state index contributed by atoms with van der Waals surface area (Å²) in [5.41, 5.74) is 0. The van der Waals surface area contributed by atoms with Gasteiger partial charge in [-0.2, -0.15) is 12.6 Å². The highest BCUT2D eigenvalue weighted by molar-refractivity contribution is 7.80. The fourth-order valence-corrected chi connectivity index (χ4v) is 0.608. The smallest absolute Gasteiger partial charge is 0.106 e. The number of thiol groups is 1. The second-order valence-electron chi connectivity index (χ2n) is 1.92. The van der Waals surface area contributed by atoms with Crippen LogP contribution < -0.4 is 0 Å². The van der Waals surface area contributed by atoms with Gasteiger partial charge in [0.1, 0.15) is 6.61 Å². The van der Waals surface area contributed by atoms with E-state index in [1.165, 1.54) is 0 Å². The molecule has 11 heavy (non-hydrogen) atoms. The first-order chi connectivity index (χ1) is 5.41. The molecule has 0 bridgehead atoms. The van der Waals surface area contributed by atoms with E-state index in [9.17, 15) is 0 Å². The zero-order valence-corrected chi connectivity index (χ0v) is 7.81. The number of ether oxygens (including phenoxy) is 1. The van der Waals surface area contributed by atoms with Gasteiger partial charge in [-0.1, -0.05) is 0 Å². The minimum Gasteiger partial charge on any atom is -0.379 e. The van der Waals surface area contributed by atoms with E-state index in [1.54, 1.807) is 0 Å². The number of hydrogen-bond donors (Lipinski definition) is 1. The Morgan fingerprint density at radius 2 is 1.82 bits per heavy atom. The third kappa shape index (κ3) is 10.2. The lowest BCUT2D eigenvalue weighted by atomic mass is 10.5. The lowest BCUT2D eigenvalue weighted by Gasteiger charge is -2.02. The van der Waals surface area contributed by atoms with Crippen LogP contribution in [0.15, 0.2) is 0 Å². The van der Waals surface area contributed by atoms with Crippen LogP contribution in [0.1, 0.15) is 13.3 Å². The molecule has 0 unspecified atom stereocenters. The van der Waals surface area contributed by atoms with Crippen molar-refractivity contribution < 1.29 is 14.5 Å². The monoisotopic (exact) mass is 180 g/mol. The van der Waals surface area contributed by atoms with Gasteiger partial charge in [0.25, 0.3) is 0 Å². The molecule has 0 amide bonds. The molecule has 0 fully saturated rings. The van der Waals surface area contributed by atoms with Crippen molar-refractivity contribution in [2.75, 3.05) is 32.2 Å². The highest BCUT2D eigenvalue weighted by Gasteiger charge is 1.88. The maximum absolute atomic E-state index is 5.02. The third-order valence-electron chi connectivity index (χ3n) is 0.984. The normalized spacial score (nSPS) is 10.4. The Kier molecular flexibility index (Phi) is 10.4. The number of rotatable bonds is 8. The van der Waals surface area contributed by atoms with Crippen molar-refractivity contribution >= 4 is 12.6 Å². The van der Waals surface area contributed by atoms with Crippen LogP contribution in [0, 0.1) is 0 Å². The van der Waals surface area contributed by atoms with Crippen LogP contribution in [0.4, 0.5) is 0 Å². The summed E-state index contributed by atoms with van der Waals surface area (Å²) in [6.45, 7) is 4.37. The lowest BCUT2D eigenvalue weighted by molar-refractivity contribution is -0.298. The summed E-state index contributed by atoms with van der Waals surface area (Å²) in [4.78, 5) is 9.57. The van der Waals surface area contributed by atoms with Crippen LogP contribution in [0.5, 0.6) is 0 Å². The van der Waals surface area contributed by atoms with Gasteiger partial charge in [0.05, 0.1) is 13.2 Å². The van der Waals surface area contributed by atoms with Crippen LogP contribution in [0.2, 0.25) is 0 Å². The van der Waals surface area contributed by atoms with E-state index in [1.807, 2.05) is 6.92 Å². The molecule has 0 spiro atoms. The van der Waals surface area contributed by atoms with Gasteiger partial charge in [-0.3, -0.25) is 0 Å². The average Bonchev–Trinajstić information content (AvgIpc) is 2.03. The average molecular weight is 180 g/mol. The van der Waals surface area contributed by atoms with E-state index in [2.05, 4.69) is 12.6 Å². The Hall–Kier alpha value is 0.230. The molecule has 0 aromatic heterocycles. The zero-order chi connectivity index (χ0) is 8.36. The second-order valence-corrected chi connectivity index (χ2v) is 2.37. The van der Waals surface area contributed by atoms with Gasteiger partial charge in [-0.15, -0.1) is 0 Å². The van der Waals surface area contributed by atoms with Crippen molar-refractivity contribution in [3.8, 4) is 0 Å². The second kappa shape index (κ2) is 10.2. The SMILES string of the molecule is CCOCCOOCCCS.